The molecule has 0 aliphatic heterocycles. The highest BCUT2D eigenvalue weighted by Gasteiger charge is 2.14. The van der Waals surface area contributed by atoms with Crippen LogP contribution in [0, 0.1) is 0 Å². The molecule has 1 aromatic carbocycles. The molecule has 6 nitrogen and oxygen atoms in total. The van der Waals surface area contributed by atoms with E-state index in [0.29, 0.717) is 5.69 Å². The Kier molecular flexibility index (Phi) is 3.59. The van der Waals surface area contributed by atoms with Gasteiger partial charge in [0.2, 0.25) is 0 Å². The highest BCUT2D eigenvalue weighted by Crippen LogP contribution is 2.29. The first-order valence-electron chi connectivity index (χ1n) is 4.73. The first-order valence-corrected chi connectivity index (χ1v) is 5.49. The molecule has 0 aliphatic carbocycles. The number of halogens is 2. The zero-order valence-corrected chi connectivity index (χ0v) is 10.3. The molecule has 0 radical (unpaired) electrons. The van der Waals surface area contributed by atoms with E-state index in [1.54, 1.807) is 18.2 Å². The van der Waals surface area contributed by atoms with E-state index in [1.807, 2.05) is 0 Å². The number of nitrogens with one attached hydrogen (secondary N) is 1. The topological polar surface area (TPSA) is 88.0 Å². The van der Waals surface area contributed by atoms with Crippen molar-refractivity contribution in [3.8, 4) is 0 Å². The lowest BCUT2D eigenvalue weighted by Gasteiger charge is -2.10. The van der Waals surface area contributed by atoms with Gasteiger partial charge in [0.05, 0.1) is 11.3 Å². The number of carbonyl (C=O) groups is 1. The third-order valence-electron chi connectivity index (χ3n) is 2.09. The molecule has 8 heteroatoms. The second-order valence-electron chi connectivity index (χ2n) is 3.22. The highest BCUT2D eigenvalue weighted by molar-refractivity contribution is 6.37. The van der Waals surface area contributed by atoms with Gasteiger partial charge in [-0.05, 0) is 17.3 Å². The van der Waals surface area contributed by atoms with E-state index in [2.05, 4.69) is 20.7 Å². The summed E-state index contributed by atoms with van der Waals surface area (Å²) >= 11 is 11.6. The molecule has 0 saturated carbocycles. The minimum Gasteiger partial charge on any atom is -0.478 e. The zero-order valence-electron chi connectivity index (χ0n) is 8.76. The van der Waals surface area contributed by atoms with Crippen LogP contribution in [0.25, 0.3) is 0 Å². The molecule has 0 aliphatic rings. The van der Waals surface area contributed by atoms with Gasteiger partial charge in [0.25, 0.3) is 0 Å². The van der Waals surface area contributed by atoms with Crippen LogP contribution in [-0.2, 0) is 0 Å². The minimum absolute atomic E-state index is 0.00944. The quantitative estimate of drug-likeness (QED) is 0.901. The molecule has 0 saturated heterocycles. The second kappa shape index (κ2) is 5.16. The van der Waals surface area contributed by atoms with E-state index in [4.69, 9.17) is 28.3 Å². The van der Waals surface area contributed by atoms with Crippen molar-refractivity contribution in [3.05, 3.63) is 40.1 Å². The number of nitrogens with zero attached hydrogens (tertiary/aromatic N) is 3. The predicted octanol–water partition coefficient (Wildman–Crippen LogP) is 2.62. The monoisotopic (exact) mass is 284 g/mol. The number of aromatic nitrogens is 3. The summed E-state index contributed by atoms with van der Waals surface area (Å²) in [5.41, 5.74) is 0.632. The van der Waals surface area contributed by atoms with Crippen LogP contribution in [0.4, 0.5) is 11.4 Å². The molecule has 1 heterocycles. The van der Waals surface area contributed by atoms with Gasteiger partial charge in [0, 0.05) is 0 Å². The van der Waals surface area contributed by atoms with E-state index in [9.17, 15) is 4.79 Å². The van der Waals surface area contributed by atoms with Crippen molar-refractivity contribution in [3.63, 3.8) is 0 Å². The van der Waals surface area contributed by atoms with E-state index in [1.165, 1.54) is 6.07 Å². The first kappa shape index (κ1) is 12.5. The van der Waals surface area contributed by atoms with Crippen molar-refractivity contribution < 1.29 is 9.90 Å². The second-order valence-corrected chi connectivity index (χ2v) is 3.94. The number of hydrogen-bond donors (Lipinski definition) is 2. The van der Waals surface area contributed by atoms with E-state index >= 15 is 0 Å². The SMILES string of the molecule is O=C(O)c1ccccc1Nc1c(Cl)nnnc1Cl. The molecule has 2 rings (SSSR count). The molecule has 2 aromatic rings. The maximum atomic E-state index is 11.0. The van der Waals surface area contributed by atoms with Crippen molar-refractivity contribution in [2.45, 2.75) is 0 Å². The van der Waals surface area contributed by atoms with Gasteiger partial charge < -0.3 is 10.4 Å². The van der Waals surface area contributed by atoms with Crippen molar-refractivity contribution >= 4 is 40.5 Å². The molecular weight excluding hydrogens is 279 g/mol. The number of anilines is 2. The van der Waals surface area contributed by atoms with Crippen LogP contribution in [0.1, 0.15) is 10.4 Å². The van der Waals surface area contributed by atoms with Gasteiger partial charge in [-0.3, -0.25) is 0 Å². The lowest BCUT2D eigenvalue weighted by atomic mass is 10.2. The molecule has 1 aromatic heterocycles. The number of rotatable bonds is 3. The average Bonchev–Trinajstić information content (AvgIpc) is 2.34. The number of para-hydroxylation sites is 1. The molecule has 2 N–H and O–H groups in total. The molecule has 0 fully saturated rings. The third-order valence-corrected chi connectivity index (χ3v) is 2.62. The van der Waals surface area contributed by atoms with Crippen LogP contribution in [0.15, 0.2) is 24.3 Å². The van der Waals surface area contributed by atoms with Crippen LogP contribution in [0.2, 0.25) is 10.3 Å². The summed E-state index contributed by atoms with van der Waals surface area (Å²) in [6.07, 6.45) is 0. The van der Waals surface area contributed by atoms with Crippen LogP contribution in [-0.4, -0.2) is 26.5 Å². The van der Waals surface area contributed by atoms with Crippen molar-refractivity contribution in [1.29, 1.82) is 0 Å². The van der Waals surface area contributed by atoms with Crippen LogP contribution >= 0.6 is 23.2 Å². The summed E-state index contributed by atoms with van der Waals surface area (Å²) in [7, 11) is 0. The fraction of sp³-hybridized carbons (Fsp3) is 0. The summed E-state index contributed by atoms with van der Waals surface area (Å²) in [6.45, 7) is 0. The van der Waals surface area contributed by atoms with Gasteiger partial charge in [0.1, 0.15) is 5.69 Å². The van der Waals surface area contributed by atoms with Crippen LogP contribution < -0.4 is 5.32 Å². The standard InChI is InChI=1S/C10H6Cl2N4O2/c11-8-7(9(12)15-16-14-8)13-6-4-2-1-3-5(6)10(17)18/h1-4H,(H,13,16)(H,17,18). The fourth-order valence-corrected chi connectivity index (χ4v) is 1.69. The summed E-state index contributed by atoms with van der Waals surface area (Å²) in [6, 6.07) is 6.32. The van der Waals surface area contributed by atoms with Gasteiger partial charge in [-0.1, -0.05) is 35.3 Å². The van der Waals surface area contributed by atoms with Gasteiger partial charge in [-0.15, -0.1) is 10.2 Å². The smallest absolute Gasteiger partial charge is 0.337 e. The molecule has 0 unspecified atom stereocenters. The molecule has 0 amide bonds. The average molecular weight is 285 g/mol. The van der Waals surface area contributed by atoms with Crippen LogP contribution in [0.3, 0.4) is 0 Å². The Bertz CT molecular complexity index is 586. The van der Waals surface area contributed by atoms with Gasteiger partial charge in [0.15, 0.2) is 10.3 Å². The van der Waals surface area contributed by atoms with Crippen molar-refractivity contribution in [2.24, 2.45) is 0 Å². The Labute approximate surface area is 112 Å². The van der Waals surface area contributed by atoms with Crippen LogP contribution in [0.5, 0.6) is 0 Å². The van der Waals surface area contributed by atoms with Gasteiger partial charge >= 0.3 is 5.97 Å². The Hall–Kier alpha value is -1.92. The molecular formula is C10H6Cl2N4O2. The summed E-state index contributed by atoms with van der Waals surface area (Å²) < 4.78 is 0. The summed E-state index contributed by atoms with van der Waals surface area (Å²) in [5.74, 6) is -1.07. The predicted molar refractivity (Wildman–Crippen MR) is 66.5 cm³/mol. The Morgan fingerprint density at radius 1 is 1.17 bits per heavy atom. The minimum atomic E-state index is -1.07. The highest BCUT2D eigenvalue weighted by atomic mass is 35.5. The lowest BCUT2D eigenvalue weighted by molar-refractivity contribution is 0.0698. The lowest BCUT2D eigenvalue weighted by Crippen LogP contribution is -2.04. The van der Waals surface area contributed by atoms with E-state index < -0.39 is 5.97 Å². The van der Waals surface area contributed by atoms with Crippen molar-refractivity contribution in [1.82, 2.24) is 15.4 Å². The normalized spacial score (nSPS) is 10.1. The summed E-state index contributed by atoms with van der Waals surface area (Å²) in [4.78, 5) is 11.0. The van der Waals surface area contributed by atoms with Crippen molar-refractivity contribution in [2.75, 3.05) is 5.32 Å². The maximum absolute atomic E-state index is 11.0. The number of benzene rings is 1. The molecule has 18 heavy (non-hydrogen) atoms. The summed E-state index contributed by atoms with van der Waals surface area (Å²) in [5, 5.41) is 22.2. The van der Waals surface area contributed by atoms with Gasteiger partial charge in [-0.2, -0.15) is 0 Å². The Morgan fingerprint density at radius 2 is 1.78 bits per heavy atom. The number of aromatic carboxylic acids is 1. The molecule has 0 spiro atoms. The number of carboxylic acid groups (broad SMARTS) is 1. The number of hydrogen-bond acceptors (Lipinski definition) is 5. The largest absolute Gasteiger partial charge is 0.478 e. The Morgan fingerprint density at radius 3 is 2.39 bits per heavy atom. The maximum Gasteiger partial charge on any atom is 0.337 e. The Balaban J connectivity index is 2.43. The van der Waals surface area contributed by atoms with Gasteiger partial charge in [-0.25, -0.2) is 4.79 Å². The molecule has 0 atom stereocenters. The zero-order chi connectivity index (χ0) is 13.1. The van der Waals surface area contributed by atoms with E-state index in [-0.39, 0.29) is 21.6 Å². The molecule has 0 bridgehead atoms. The number of carboxylic acids is 1. The first-order chi connectivity index (χ1) is 8.59. The van der Waals surface area contributed by atoms with E-state index in [0.717, 1.165) is 0 Å². The third kappa shape index (κ3) is 2.49. The fourth-order valence-electron chi connectivity index (χ4n) is 1.30. The molecule has 92 valence electrons.